The predicted octanol–water partition coefficient (Wildman–Crippen LogP) is 6.47. The molecule has 1 rings (SSSR count). The summed E-state index contributed by atoms with van der Waals surface area (Å²) in [5, 5.41) is 8.86. The van der Waals surface area contributed by atoms with Gasteiger partial charge in [0.1, 0.15) is 0 Å². The summed E-state index contributed by atoms with van der Waals surface area (Å²) in [7, 11) is 0. The van der Waals surface area contributed by atoms with Gasteiger partial charge < -0.3 is 0 Å². The molecule has 0 heterocycles. The quantitative estimate of drug-likeness (QED) is 0.303. The van der Waals surface area contributed by atoms with Crippen LogP contribution in [0.15, 0.2) is 12.1 Å². The van der Waals surface area contributed by atoms with Gasteiger partial charge in [-0.1, -0.05) is 78.9 Å². The molecule has 136 valence electrons. The highest BCUT2D eigenvalue weighted by atomic mass is 17.1. The Morgan fingerprint density at radius 1 is 0.958 bits per heavy atom. The molecule has 0 bridgehead atoms. The van der Waals surface area contributed by atoms with Gasteiger partial charge in [-0.3, -0.25) is 4.89 Å². The lowest BCUT2D eigenvalue weighted by atomic mass is 9.85. The Bertz CT molecular complexity index is 489. The van der Waals surface area contributed by atoms with Gasteiger partial charge in [0.05, 0.1) is 5.56 Å². The van der Waals surface area contributed by atoms with Gasteiger partial charge in [0.2, 0.25) is 0 Å². The third-order valence-electron chi connectivity index (χ3n) is 4.61. The molecule has 0 saturated carbocycles. The summed E-state index contributed by atoms with van der Waals surface area (Å²) in [6.45, 7) is 10.5. The lowest BCUT2D eigenvalue weighted by Crippen LogP contribution is -2.13. The van der Waals surface area contributed by atoms with E-state index in [1.54, 1.807) is 0 Å². The van der Waals surface area contributed by atoms with Crippen LogP contribution in [-0.2, 0) is 11.3 Å². The van der Waals surface area contributed by atoms with E-state index in [1.165, 1.54) is 44.1 Å². The smallest absolute Gasteiger partial charge is 0.295 e. The molecular weight excluding hydrogens is 300 g/mol. The van der Waals surface area contributed by atoms with Crippen LogP contribution in [0, 0.1) is 0 Å². The first-order valence-corrected chi connectivity index (χ1v) is 9.44. The molecule has 0 amide bonds. The average Bonchev–Trinajstić information content (AvgIpc) is 2.56. The normalized spacial score (nSPS) is 11.3. The van der Waals surface area contributed by atoms with E-state index in [0.717, 1.165) is 17.5 Å². The Morgan fingerprint density at radius 2 is 1.46 bits per heavy atom. The van der Waals surface area contributed by atoms with Crippen LogP contribution in [0.25, 0.3) is 0 Å². The molecule has 0 fully saturated rings. The van der Waals surface area contributed by atoms with Crippen molar-refractivity contribution in [1.29, 1.82) is 0 Å². The molecule has 1 aromatic rings. The van der Waals surface area contributed by atoms with Crippen molar-refractivity contribution < 1.29 is 14.9 Å². The van der Waals surface area contributed by atoms with E-state index in [1.807, 2.05) is 0 Å². The van der Waals surface area contributed by atoms with Crippen LogP contribution in [0.1, 0.15) is 112 Å². The van der Waals surface area contributed by atoms with Crippen molar-refractivity contribution in [3.8, 4) is 0 Å². The first-order chi connectivity index (χ1) is 11.4. The van der Waals surface area contributed by atoms with Crippen LogP contribution in [-0.4, -0.2) is 11.2 Å². The fraction of sp³-hybridized carbons (Fsp3) is 0.667. The summed E-state index contributed by atoms with van der Waals surface area (Å²) in [5.41, 5.74) is 3.77. The molecule has 0 aromatic heterocycles. The Morgan fingerprint density at radius 3 is 1.92 bits per heavy atom. The zero-order valence-corrected chi connectivity index (χ0v) is 16.0. The molecule has 0 aliphatic rings. The minimum atomic E-state index is -0.645. The highest BCUT2D eigenvalue weighted by Gasteiger charge is 2.22. The van der Waals surface area contributed by atoms with Crippen molar-refractivity contribution in [3.63, 3.8) is 0 Å². The standard InChI is InChI=1S/C21H34O3/c1-6-7-8-9-10-11-12-17-13-18(15(2)3)20(21(22)24-23)19(14-17)16(4)5/h13-16,23H,6-12H2,1-5H3. The first-order valence-electron chi connectivity index (χ1n) is 9.44. The van der Waals surface area contributed by atoms with Crippen molar-refractivity contribution in [2.24, 2.45) is 0 Å². The van der Waals surface area contributed by atoms with Crippen molar-refractivity contribution in [3.05, 3.63) is 34.4 Å². The minimum absolute atomic E-state index is 0.209. The maximum atomic E-state index is 12.1. The van der Waals surface area contributed by atoms with Crippen LogP contribution >= 0.6 is 0 Å². The van der Waals surface area contributed by atoms with Gasteiger partial charge >= 0.3 is 5.97 Å². The minimum Gasteiger partial charge on any atom is -0.295 e. The molecule has 3 nitrogen and oxygen atoms in total. The molecule has 0 spiro atoms. The maximum absolute atomic E-state index is 12.1. The highest BCUT2D eigenvalue weighted by molar-refractivity contribution is 5.93. The Kier molecular flexibility index (Phi) is 9.05. The maximum Gasteiger partial charge on any atom is 0.373 e. The van der Waals surface area contributed by atoms with E-state index in [-0.39, 0.29) is 11.8 Å². The summed E-state index contributed by atoms with van der Waals surface area (Å²) in [4.78, 5) is 16.1. The van der Waals surface area contributed by atoms with Gasteiger partial charge in [-0.05, 0) is 41.4 Å². The van der Waals surface area contributed by atoms with Crippen LogP contribution in [0.3, 0.4) is 0 Å². The number of aryl methyl sites for hydroxylation is 1. The van der Waals surface area contributed by atoms with Gasteiger partial charge in [-0.25, -0.2) is 4.79 Å². The molecule has 0 unspecified atom stereocenters. The van der Waals surface area contributed by atoms with Crippen LogP contribution in [0.5, 0.6) is 0 Å². The van der Waals surface area contributed by atoms with Crippen LogP contribution in [0.2, 0.25) is 0 Å². The zero-order valence-electron chi connectivity index (χ0n) is 16.0. The molecule has 1 aromatic carbocycles. The molecule has 0 radical (unpaired) electrons. The summed E-state index contributed by atoms with van der Waals surface area (Å²) in [5.74, 6) is -0.226. The Hall–Kier alpha value is -1.35. The second-order valence-electron chi connectivity index (χ2n) is 7.36. The number of hydrogen-bond acceptors (Lipinski definition) is 3. The van der Waals surface area contributed by atoms with Crippen molar-refractivity contribution >= 4 is 5.97 Å². The van der Waals surface area contributed by atoms with Crippen LogP contribution < -0.4 is 0 Å². The van der Waals surface area contributed by atoms with E-state index in [0.29, 0.717) is 5.56 Å². The molecule has 0 aliphatic heterocycles. The molecule has 0 atom stereocenters. The van der Waals surface area contributed by atoms with E-state index in [9.17, 15) is 4.79 Å². The number of carbonyl (C=O) groups is 1. The van der Waals surface area contributed by atoms with Crippen molar-refractivity contribution in [2.75, 3.05) is 0 Å². The van der Waals surface area contributed by atoms with E-state index >= 15 is 0 Å². The second-order valence-corrected chi connectivity index (χ2v) is 7.36. The van der Waals surface area contributed by atoms with Gasteiger partial charge in [0, 0.05) is 0 Å². The summed E-state index contributed by atoms with van der Waals surface area (Å²) in [6.07, 6.45) is 8.71. The summed E-state index contributed by atoms with van der Waals surface area (Å²) >= 11 is 0. The average molecular weight is 335 g/mol. The van der Waals surface area contributed by atoms with Gasteiger partial charge in [-0.2, -0.15) is 5.26 Å². The zero-order chi connectivity index (χ0) is 18.1. The summed E-state index contributed by atoms with van der Waals surface area (Å²) < 4.78 is 0. The van der Waals surface area contributed by atoms with Gasteiger partial charge in [0.15, 0.2) is 0 Å². The Balaban J connectivity index is 2.96. The predicted molar refractivity (Wildman–Crippen MR) is 99.7 cm³/mol. The number of unbranched alkanes of at least 4 members (excludes halogenated alkanes) is 5. The molecule has 1 N–H and O–H groups in total. The molecule has 3 heteroatoms. The monoisotopic (exact) mass is 334 g/mol. The number of hydrogen-bond donors (Lipinski definition) is 1. The van der Waals surface area contributed by atoms with Crippen molar-refractivity contribution in [2.45, 2.75) is 91.4 Å². The fourth-order valence-corrected chi connectivity index (χ4v) is 3.20. The third kappa shape index (κ3) is 5.94. The van der Waals surface area contributed by atoms with Gasteiger partial charge in [0.25, 0.3) is 0 Å². The number of carbonyl (C=O) groups excluding carboxylic acids is 1. The lowest BCUT2D eigenvalue weighted by Gasteiger charge is -2.19. The molecule has 0 aliphatic carbocycles. The van der Waals surface area contributed by atoms with Gasteiger partial charge in [-0.15, -0.1) is 0 Å². The topological polar surface area (TPSA) is 46.5 Å². The summed E-state index contributed by atoms with van der Waals surface area (Å²) in [6, 6.07) is 4.24. The second kappa shape index (κ2) is 10.5. The van der Waals surface area contributed by atoms with E-state index < -0.39 is 5.97 Å². The number of rotatable bonds is 10. The largest absolute Gasteiger partial charge is 0.373 e. The van der Waals surface area contributed by atoms with E-state index in [4.69, 9.17) is 5.26 Å². The lowest BCUT2D eigenvalue weighted by molar-refractivity contribution is -0.183. The molecule has 0 saturated heterocycles. The Labute approximate surface area is 147 Å². The molecular formula is C21H34O3. The fourth-order valence-electron chi connectivity index (χ4n) is 3.20. The molecule has 24 heavy (non-hydrogen) atoms. The number of benzene rings is 1. The van der Waals surface area contributed by atoms with E-state index in [2.05, 4.69) is 51.6 Å². The first kappa shape index (κ1) is 20.7. The highest BCUT2D eigenvalue weighted by Crippen LogP contribution is 2.30. The van der Waals surface area contributed by atoms with Crippen molar-refractivity contribution in [1.82, 2.24) is 0 Å². The van der Waals surface area contributed by atoms with Crippen LogP contribution in [0.4, 0.5) is 0 Å². The SMILES string of the molecule is CCCCCCCCc1cc(C(C)C)c(C(=O)OO)c(C(C)C)c1. The third-order valence-corrected chi connectivity index (χ3v) is 4.61.